The van der Waals surface area contributed by atoms with Crippen LogP contribution in [0.25, 0.3) is 0 Å². The Kier molecular flexibility index (Phi) is 11.6. The van der Waals surface area contributed by atoms with Crippen molar-refractivity contribution in [3.05, 3.63) is 0 Å². The van der Waals surface area contributed by atoms with E-state index in [9.17, 15) is 4.79 Å². The Hall–Kier alpha value is -0.610. The van der Waals surface area contributed by atoms with Crippen LogP contribution in [-0.4, -0.2) is 85.8 Å². The van der Waals surface area contributed by atoms with E-state index in [-0.39, 0.29) is 19.5 Å². The van der Waals surface area contributed by atoms with Crippen molar-refractivity contribution in [3.63, 3.8) is 0 Å². The van der Waals surface area contributed by atoms with E-state index in [0.29, 0.717) is 0 Å². The average molecular weight is 256 g/mol. The predicted octanol–water partition coefficient (Wildman–Crippen LogP) is -4.02. The second-order valence-corrected chi connectivity index (χ2v) is 3.37. The molecule has 104 valence electrons. The van der Waals surface area contributed by atoms with Crippen LogP contribution in [0, 0.1) is 0 Å². The molecule has 0 heterocycles. The summed E-state index contributed by atoms with van der Waals surface area (Å²) in [5, 5.41) is 59.1. The molecule has 0 saturated carbocycles. The minimum atomic E-state index is -1.65. The van der Waals surface area contributed by atoms with Crippen molar-refractivity contribution in [2.24, 2.45) is 0 Å². The van der Waals surface area contributed by atoms with Gasteiger partial charge >= 0.3 is 0 Å². The van der Waals surface area contributed by atoms with Gasteiger partial charge in [-0.3, -0.25) is 0 Å². The fourth-order valence-corrected chi connectivity index (χ4v) is 0.626. The van der Waals surface area contributed by atoms with Gasteiger partial charge in [0, 0.05) is 0 Å². The van der Waals surface area contributed by atoms with Crippen molar-refractivity contribution in [2.75, 3.05) is 13.2 Å². The Labute approximate surface area is 98.4 Å². The fourth-order valence-electron chi connectivity index (χ4n) is 0.626. The van der Waals surface area contributed by atoms with Crippen LogP contribution in [0.3, 0.4) is 0 Å². The smallest absolute Gasteiger partial charge is 0.151 e. The number of aldehydes is 1. The van der Waals surface area contributed by atoms with E-state index in [2.05, 4.69) is 0 Å². The lowest BCUT2D eigenvalue weighted by molar-refractivity contribution is -0.132. The van der Waals surface area contributed by atoms with Gasteiger partial charge < -0.3 is 40.5 Å². The van der Waals surface area contributed by atoms with Crippen LogP contribution in [0.15, 0.2) is 0 Å². The van der Waals surface area contributed by atoms with Crippen molar-refractivity contribution in [3.8, 4) is 0 Å². The highest BCUT2D eigenvalue weighted by atomic mass is 16.4. The molecule has 0 spiro atoms. The molecular formula is C9H20O8. The summed E-state index contributed by atoms with van der Waals surface area (Å²) in [6.45, 7) is 0.512. The standard InChI is InChI=1S/C6H12O5.C3H8O3/c1-3(8)5(10)6(11)4(9)2-7;4-1-3(6)2-5/h2-6,8-11H,1H3;3-6H,1-2H2/t3-,4+,5+,6-;/m0./s1. The molecule has 0 radical (unpaired) electrons. The molecule has 17 heavy (non-hydrogen) atoms. The first-order valence-corrected chi connectivity index (χ1v) is 4.89. The molecular weight excluding hydrogens is 236 g/mol. The van der Waals surface area contributed by atoms with Gasteiger partial charge in [-0.15, -0.1) is 0 Å². The lowest BCUT2D eigenvalue weighted by Gasteiger charge is -2.21. The summed E-state index contributed by atoms with van der Waals surface area (Å²) in [5.74, 6) is 0. The van der Waals surface area contributed by atoms with E-state index in [4.69, 9.17) is 35.7 Å². The zero-order valence-corrected chi connectivity index (χ0v) is 9.42. The quantitative estimate of drug-likeness (QED) is 0.237. The summed E-state index contributed by atoms with van der Waals surface area (Å²) in [5.41, 5.74) is 0. The lowest BCUT2D eigenvalue weighted by atomic mass is 10.1. The predicted molar refractivity (Wildman–Crippen MR) is 55.9 cm³/mol. The summed E-state index contributed by atoms with van der Waals surface area (Å²) in [7, 11) is 0. The van der Waals surface area contributed by atoms with Gasteiger partial charge in [0.15, 0.2) is 6.29 Å². The summed E-state index contributed by atoms with van der Waals surface area (Å²) >= 11 is 0. The monoisotopic (exact) mass is 256 g/mol. The SMILES string of the molecule is C[C@H](O)[C@@H](O)[C@@H](O)[C@H](O)C=O.OCC(O)CO. The number of carbonyl (C=O) groups is 1. The van der Waals surface area contributed by atoms with Crippen LogP contribution in [0.2, 0.25) is 0 Å². The average Bonchev–Trinajstić information content (AvgIpc) is 2.35. The first-order valence-electron chi connectivity index (χ1n) is 4.89. The maximum atomic E-state index is 9.87. The Morgan fingerprint density at radius 2 is 1.35 bits per heavy atom. The van der Waals surface area contributed by atoms with E-state index < -0.39 is 30.5 Å². The van der Waals surface area contributed by atoms with Crippen LogP contribution in [-0.2, 0) is 4.79 Å². The normalized spacial score (nSPS) is 17.7. The summed E-state index contributed by atoms with van der Waals surface area (Å²) in [6.07, 6.45) is -6.83. The van der Waals surface area contributed by atoms with Crippen molar-refractivity contribution < 1.29 is 40.5 Å². The first kappa shape index (κ1) is 18.7. The molecule has 0 saturated heterocycles. The topological polar surface area (TPSA) is 159 Å². The zero-order chi connectivity index (χ0) is 14.0. The molecule has 0 fully saturated rings. The van der Waals surface area contributed by atoms with Crippen molar-refractivity contribution in [2.45, 2.75) is 37.4 Å². The van der Waals surface area contributed by atoms with Crippen molar-refractivity contribution in [1.82, 2.24) is 0 Å². The summed E-state index contributed by atoms with van der Waals surface area (Å²) in [4.78, 5) is 9.87. The molecule has 8 heteroatoms. The first-order chi connectivity index (χ1) is 7.81. The molecule has 8 nitrogen and oxygen atoms in total. The third-order valence-electron chi connectivity index (χ3n) is 1.75. The number of hydrogen-bond acceptors (Lipinski definition) is 8. The van der Waals surface area contributed by atoms with E-state index in [1.807, 2.05) is 0 Å². The molecule has 0 bridgehead atoms. The Balaban J connectivity index is 0. The molecule has 0 unspecified atom stereocenters. The summed E-state index contributed by atoms with van der Waals surface area (Å²) < 4.78 is 0. The van der Waals surface area contributed by atoms with Crippen molar-refractivity contribution in [1.29, 1.82) is 0 Å². The zero-order valence-electron chi connectivity index (χ0n) is 9.42. The van der Waals surface area contributed by atoms with Gasteiger partial charge in [-0.25, -0.2) is 0 Å². The maximum Gasteiger partial charge on any atom is 0.151 e. The molecule has 0 amide bonds. The third kappa shape index (κ3) is 9.12. The Morgan fingerprint density at radius 3 is 1.53 bits per heavy atom. The minimum absolute atomic E-state index is 0.0935. The molecule has 0 aromatic carbocycles. The van der Waals surface area contributed by atoms with Crippen LogP contribution in [0.4, 0.5) is 0 Å². The molecule has 4 atom stereocenters. The molecule has 0 aromatic heterocycles. The molecule has 0 aliphatic rings. The van der Waals surface area contributed by atoms with Gasteiger partial charge in [-0.05, 0) is 6.92 Å². The van der Waals surface area contributed by atoms with Gasteiger partial charge in [0.05, 0.1) is 19.3 Å². The fraction of sp³-hybridized carbons (Fsp3) is 0.889. The number of carbonyl (C=O) groups excluding carboxylic acids is 1. The summed E-state index contributed by atoms with van der Waals surface area (Å²) in [6, 6.07) is 0. The van der Waals surface area contributed by atoms with E-state index in [1.54, 1.807) is 0 Å². The van der Waals surface area contributed by atoms with E-state index in [0.717, 1.165) is 0 Å². The number of hydrogen-bond donors (Lipinski definition) is 7. The molecule has 0 aliphatic carbocycles. The molecule has 0 rings (SSSR count). The second kappa shape index (κ2) is 10.5. The van der Waals surface area contributed by atoms with Crippen LogP contribution >= 0.6 is 0 Å². The number of rotatable bonds is 6. The highest BCUT2D eigenvalue weighted by Gasteiger charge is 2.27. The molecule has 7 N–H and O–H groups in total. The van der Waals surface area contributed by atoms with Gasteiger partial charge in [0.25, 0.3) is 0 Å². The number of aliphatic hydroxyl groups excluding tert-OH is 7. The van der Waals surface area contributed by atoms with Gasteiger partial charge in [-0.2, -0.15) is 0 Å². The van der Waals surface area contributed by atoms with Crippen LogP contribution in [0.5, 0.6) is 0 Å². The molecule has 0 aromatic rings. The largest absolute Gasteiger partial charge is 0.394 e. The highest BCUT2D eigenvalue weighted by molar-refractivity contribution is 5.56. The maximum absolute atomic E-state index is 9.87. The number of aliphatic hydroxyl groups is 7. The Morgan fingerprint density at radius 1 is 0.941 bits per heavy atom. The van der Waals surface area contributed by atoms with Gasteiger partial charge in [0.1, 0.15) is 24.4 Å². The minimum Gasteiger partial charge on any atom is -0.394 e. The third-order valence-corrected chi connectivity index (χ3v) is 1.75. The van der Waals surface area contributed by atoms with Crippen LogP contribution < -0.4 is 0 Å². The Bertz CT molecular complexity index is 182. The van der Waals surface area contributed by atoms with Gasteiger partial charge in [0.2, 0.25) is 0 Å². The van der Waals surface area contributed by atoms with E-state index in [1.165, 1.54) is 6.92 Å². The van der Waals surface area contributed by atoms with Crippen LogP contribution in [0.1, 0.15) is 6.92 Å². The van der Waals surface area contributed by atoms with E-state index >= 15 is 0 Å². The van der Waals surface area contributed by atoms with Gasteiger partial charge in [-0.1, -0.05) is 0 Å². The second-order valence-electron chi connectivity index (χ2n) is 3.37. The highest BCUT2D eigenvalue weighted by Crippen LogP contribution is 2.02. The van der Waals surface area contributed by atoms with Crippen molar-refractivity contribution >= 4 is 6.29 Å². The lowest BCUT2D eigenvalue weighted by Crippen LogP contribution is -2.43. The molecule has 0 aliphatic heterocycles.